The second-order valence-corrected chi connectivity index (χ2v) is 6.32. The van der Waals surface area contributed by atoms with Crippen molar-refractivity contribution in [3.05, 3.63) is 59.7 Å². The van der Waals surface area contributed by atoms with Crippen molar-refractivity contribution in [3.8, 4) is 6.07 Å². The van der Waals surface area contributed by atoms with E-state index in [2.05, 4.69) is 16.7 Å². The van der Waals surface area contributed by atoms with E-state index in [1.54, 1.807) is 24.3 Å². The fourth-order valence-corrected chi connectivity index (χ4v) is 2.85. The summed E-state index contributed by atoms with van der Waals surface area (Å²) in [6.07, 6.45) is 2.83. The van der Waals surface area contributed by atoms with E-state index in [0.717, 1.165) is 24.2 Å². The predicted molar refractivity (Wildman–Crippen MR) is 96.6 cm³/mol. The largest absolute Gasteiger partial charge is 0.396 e. The summed E-state index contributed by atoms with van der Waals surface area (Å²) in [5.41, 5.74) is 2.85. The number of anilines is 2. The second-order valence-electron chi connectivity index (χ2n) is 6.32. The molecule has 25 heavy (non-hydrogen) atoms. The second kappa shape index (κ2) is 7.82. The lowest BCUT2D eigenvalue weighted by Gasteiger charge is -2.17. The lowest BCUT2D eigenvalue weighted by Crippen LogP contribution is -2.37. The van der Waals surface area contributed by atoms with Gasteiger partial charge in [0.1, 0.15) is 0 Å². The molecule has 2 aromatic carbocycles. The number of carbonyl (C=O) groups excluding carboxylic acids is 1. The number of hydrogen-bond donors (Lipinski definition) is 3. The van der Waals surface area contributed by atoms with Gasteiger partial charge in [-0.25, -0.2) is 0 Å². The maximum absolute atomic E-state index is 12.5. The summed E-state index contributed by atoms with van der Waals surface area (Å²) in [7, 11) is 0. The average Bonchev–Trinajstić information content (AvgIpc) is 3.47. The minimum absolute atomic E-state index is 0.0487. The molecule has 128 valence electrons. The third-order valence-corrected chi connectivity index (χ3v) is 4.38. The fourth-order valence-electron chi connectivity index (χ4n) is 2.85. The zero-order valence-electron chi connectivity index (χ0n) is 13.9. The number of hydrogen-bond acceptors (Lipinski definition) is 4. The quantitative estimate of drug-likeness (QED) is 0.725. The molecule has 5 nitrogen and oxygen atoms in total. The van der Waals surface area contributed by atoms with Crippen LogP contribution in [0.25, 0.3) is 0 Å². The lowest BCUT2D eigenvalue weighted by atomic mass is 10.1. The molecule has 1 saturated carbocycles. The van der Waals surface area contributed by atoms with E-state index in [9.17, 15) is 4.79 Å². The van der Waals surface area contributed by atoms with Crippen molar-refractivity contribution in [3.63, 3.8) is 0 Å². The van der Waals surface area contributed by atoms with Gasteiger partial charge in [0.25, 0.3) is 5.91 Å². The molecule has 0 aliphatic heterocycles. The summed E-state index contributed by atoms with van der Waals surface area (Å²) >= 11 is 0. The van der Waals surface area contributed by atoms with Gasteiger partial charge in [-0.2, -0.15) is 5.26 Å². The van der Waals surface area contributed by atoms with Crippen molar-refractivity contribution >= 4 is 17.3 Å². The highest BCUT2D eigenvalue weighted by Crippen LogP contribution is 2.34. The van der Waals surface area contributed by atoms with E-state index in [-0.39, 0.29) is 18.6 Å². The van der Waals surface area contributed by atoms with Gasteiger partial charge in [0.15, 0.2) is 0 Å². The summed E-state index contributed by atoms with van der Waals surface area (Å²) in [5, 5.41) is 24.3. The number of nitrogens with zero attached hydrogens (tertiary/aromatic N) is 1. The molecule has 0 bridgehead atoms. The molecule has 0 radical (unpaired) electrons. The SMILES string of the molecule is N#Cc1ccc(Nc2cccc(C(=O)NC(CCO)C3CC3)c2)cc1. The first kappa shape index (κ1) is 17.0. The Morgan fingerprint density at radius 3 is 2.60 bits per heavy atom. The summed E-state index contributed by atoms with van der Waals surface area (Å²) in [6, 6.07) is 16.6. The van der Waals surface area contributed by atoms with Crippen molar-refractivity contribution in [2.45, 2.75) is 25.3 Å². The Labute approximate surface area is 147 Å². The standard InChI is InChI=1S/C20H21N3O2/c21-13-14-4-8-17(9-5-14)22-18-3-1-2-16(12-18)20(25)23-19(10-11-24)15-6-7-15/h1-5,8-9,12,15,19,22,24H,6-7,10-11H2,(H,23,25). The molecule has 0 saturated heterocycles. The van der Waals surface area contributed by atoms with E-state index in [1.807, 2.05) is 24.3 Å². The van der Waals surface area contributed by atoms with Gasteiger partial charge in [0, 0.05) is 29.6 Å². The Morgan fingerprint density at radius 2 is 1.96 bits per heavy atom. The van der Waals surface area contributed by atoms with Gasteiger partial charge >= 0.3 is 0 Å². The Morgan fingerprint density at radius 1 is 1.20 bits per heavy atom. The molecular weight excluding hydrogens is 314 g/mol. The molecule has 1 amide bonds. The normalized spacial score (nSPS) is 14.4. The van der Waals surface area contributed by atoms with Crippen LogP contribution in [0.3, 0.4) is 0 Å². The van der Waals surface area contributed by atoms with E-state index < -0.39 is 0 Å². The highest BCUT2D eigenvalue weighted by molar-refractivity contribution is 5.95. The van der Waals surface area contributed by atoms with Crippen LogP contribution in [0.2, 0.25) is 0 Å². The minimum Gasteiger partial charge on any atom is -0.396 e. The highest BCUT2D eigenvalue weighted by Gasteiger charge is 2.31. The van der Waals surface area contributed by atoms with Crippen LogP contribution in [0.5, 0.6) is 0 Å². The molecule has 1 atom stereocenters. The van der Waals surface area contributed by atoms with Crippen LogP contribution in [0.15, 0.2) is 48.5 Å². The predicted octanol–water partition coefficient (Wildman–Crippen LogP) is 3.19. The number of benzene rings is 2. The molecule has 1 aliphatic rings. The molecule has 3 N–H and O–H groups in total. The van der Waals surface area contributed by atoms with Crippen LogP contribution in [-0.4, -0.2) is 23.7 Å². The summed E-state index contributed by atoms with van der Waals surface area (Å²) in [6.45, 7) is 0.0851. The van der Waals surface area contributed by atoms with E-state index in [0.29, 0.717) is 23.5 Å². The Kier molecular flexibility index (Phi) is 5.32. The van der Waals surface area contributed by atoms with E-state index in [4.69, 9.17) is 10.4 Å². The molecular formula is C20H21N3O2. The number of aliphatic hydroxyl groups excluding tert-OH is 1. The van der Waals surface area contributed by atoms with Gasteiger partial charge in [-0.15, -0.1) is 0 Å². The van der Waals surface area contributed by atoms with E-state index >= 15 is 0 Å². The van der Waals surface area contributed by atoms with Crippen LogP contribution in [-0.2, 0) is 0 Å². The smallest absolute Gasteiger partial charge is 0.251 e. The average molecular weight is 335 g/mol. The zero-order valence-corrected chi connectivity index (χ0v) is 13.9. The Bertz CT molecular complexity index is 776. The summed E-state index contributed by atoms with van der Waals surface area (Å²) < 4.78 is 0. The lowest BCUT2D eigenvalue weighted by molar-refractivity contribution is 0.0924. The molecule has 5 heteroatoms. The highest BCUT2D eigenvalue weighted by atomic mass is 16.3. The molecule has 1 unspecified atom stereocenters. The zero-order chi connectivity index (χ0) is 17.6. The van der Waals surface area contributed by atoms with Crippen LogP contribution in [0, 0.1) is 17.2 Å². The van der Waals surface area contributed by atoms with Crippen LogP contribution >= 0.6 is 0 Å². The van der Waals surface area contributed by atoms with Gasteiger partial charge < -0.3 is 15.7 Å². The van der Waals surface area contributed by atoms with Crippen molar-refractivity contribution in [1.29, 1.82) is 5.26 Å². The minimum atomic E-state index is -0.117. The molecule has 0 heterocycles. The first-order chi connectivity index (χ1) is 12.2. The molecule has 1 fully saturated rings. The third kappa shape index (κ3) is 4.59. The first-order valence-corrected chi connectivity index (χ1v) is 8.48. The van der Waals surface area contributed by atoms with Crippen LogP contribution in [0.1, 0.15) is 35.2 Å². The molecule has 0 spiro atoms. The Balaban J connectivity index is 1.67. The van der Waals surface area contributed by atoms with Gasteiger partial charge in [-0.05, 0) is 67.6 Å². The molecule has 1 aliphatic carbocycles. The summed E-state index contributed by atoms with van der Waals surface area (Å²) in [5.74, 6) is 0.380. The Hall–Kier alpha value is -2.84. The van der Waals surface area contributed by atoms with E-state index in [1.165, 1.54) is 0 Å². The maximum atomic E-state index is 12.5. The van der Waals surface area contributed by atoms with Gasteiger partial charge in [-0.1, -0.05) is 6.07 Å². The summed E-state index contributed by atoms with van der Waals surface area (Å²) in [4.78, 5) is 12.5. The number of nitrogens with one attached hydrogen (secondary N) is 2. The molecule has 3 rings (SSSR count). The van der Waals surface area contributed by atoms with Gasteiger partial charge in [0.05, 0.1) is 11.6 Å². The van der Waals surface area contributed by atoms with Crippen molar-refractivity contribution in [1.82, 2.24) is 5.32 Å². The molecule has 0 aromatic heterocycles. The number of amides is 1. The van der Waals surface area contributed by atoms with Crippen molar-refractivity contribution in [2.24, 2.45) is 5.92 Å². The third-order valence-electron chi connectivity index (χ3n) is 4.38. The van der Waals surface area contributed by atoms with Crippen LogP contribution in [0.4, 0.5) is 11.4 Å². The first-order valence-electron chi connectivity index (χ1n) is 8.48. The maximum Gasteiger partial charge on any atom is 0.251 e. The number of nitriles is 1. The number of rotatable bonds is 7. The van der Waals surface area contributed by atoms with Crippen molar-refractivity contribution < 1.29 is 9.90 Å². The van der Waals surface area contributed by atoms with Crippen LogP contribution < -0.4 is 10.6 Å². The fraction of sp³-hybridized carbons (Fsp3) is 0.300. The number of aliphatic hydroxyl groups is 1. The van der Waals surface area contributed by atoms with Gasteiger partial charge in [0.2, 0.25) is 0 Å². The topological polar surface area (TPSA) is 85.2 Å². The monoisotopic (exact) mass is 335 g/mol. The molecule has 2 aromatic rings. The van der Waals surface area contributed by atoms with Gasteiger partial charge in [-0.3, -0.25) is 4.79 Å². The number of carbonyl (C=O) groups is 1. The van der Waals surface area contributed by atoms with Crippen molar-refractivity contribution in [2.75, 3.05) is 11.9 Å².